The van der Waals surface area contributed by atoms with Gasteiger partial charge in [-0.2, -0.15) is 16.8 Å². The van der Waals surface area contributed by atoms with E-state index in [4.69, 9.17) is 0 Å². The summed E-state index contributed by atoms with van der Waals surface area (Å²) in [4.78, 5) is -1.25. The standard InChI is InChI=1S/C38H37NO6S2/c1-3-30(25-28-11-7-5-8-12-28)31-15-17-32(18-16-31)38(36-24-23-35(46(40,41)42)26-37(36)47(43,44)45)33-19-21-34(22-20-33)39(4-2)27-29-13-9-6-10-14-29/h5-24,26,30H,3-4,25,27H2,1-2H3,(H-,40,41,42,43,44,45)/p+1. The molecule has 1 atom stereocenters. The number of hydrogen-bond donors (Lipinski definition) is 2. The molecule has 0 amide bonds. The smallest absolute Gasteiger partial charge is 0.282 e. The van der Waals surface area contributed by atoms with Crippen molar-refractivity contribution >= 4 is 31.5 Å². The molecule has 0 aromatic heterocycles. The van der Waals surface area contributed by atoms with E-state index >= 15 is 0 Å². The second-order valence-electron chi connectivity index (χ2n) is 11.4. The van der Waals surface area contributed by atoms with E-state index in [0.717, 1.165) is 42.8 Å². The molecule has 0 saturated heterocycles. The van der Waals surface area contributed by atoms with Crippen molar-refractivity contribution in [2.75, 3.05) is 6.54 Å². The van der Waals surface area contributed by atoms with Gasteiger partial charge in [0.05, 0.1) is 4.90 Å². The molecule has 47 heavy (non-hydrogen) atoms. The van der Waals surface area contributed by atoms with E-state index in [-0.39, 0.29) is 11.5 Å². The Morgan fingerprint density at radius 3 is 1.83 bits per heavy atom. The lowest BCUT2D eigenvalue weighted by molar-refractivity contribution is -0.539. The molecule has 0 heterocycles. The van der Waals surface area contributed by atoms with E-state index in [1.807, 2.05) is 85.0 Å². The van der Waals surface area contributed by atoms with Crippen LogP contribution >= 0.6 is 0 Å². The monoisotopic (exact) mass is 668 g/mol. The lowest BCUT2D eigenvalue weighted by Crippen LogP contribution is -2.19. The first-order valence-corrected chi connectivity index (χ1v) is 18.4. The third-order valence-corrected chi connectivity index (χ3v) is 10.1. The second kappa shape index (κ2) is 14.6. The van der Waals surface area contributed by atoms with Gasteiger partial charge in [0.15, 0.2) is 12.3 Å². The Balaban J connectivity index is 1.63. The van der Waals surface area contributed by atoms with Crippen molar-refractivity contribution in [3.05, 3.63) is 161 Å². The first kappa shape index (κ1) is 33.9. The molecular formula is C38H38NO6S2+. The van der Waals surface area contributed by atoms with Gasteiger partial charge < -0.3 is 0 Å². The average Bonchev–Trinajstić information content (AvgIpc) is 3.07. The van der Waals surface area contributed by atoms with Crippen LogP contribution in [0.25, 0.3) is 5.57 Å². The van der Waals surface area contributed by atoms with Crippen molar-refractivity contribution in [1.29, 1.82) is 0 Å². The molecular weight excluding hydrogens is 631 g/mol. The number of rotatable bonds is 11. The van der Waals surface area contributed by atoms with E-state index < -0.39 is 30.0 Å². The predicted molar refractivity (Wildman–Crippen MR) is 186 cm³/mol. The molecule has 0 fully saturated rings. The Hall–Kier alpha value is -4.41. The van der Waals surface area contributed by atoms with E-state index in [2.05, 4.69) is 42.7 Å². The number of allylic oxidation sites excluding steroid dienone is 5. The maximum absolute atomic E-state index is 12.7. The van der Waals surface area contributed by atoms with Gasteiger partial charge >= 0.3 is 0 Å². The van der Waals surface area contributed by atoms with Gasteiger partial charge in [-0.1, -0.05) is 97.9 Å². The SMILES string of the molecule is CCC(Cc1ccccc1)c1ccc(C(=C2C=CC(=[N+](CC)Cc3ccccc3)C=C2)c2ccc(S(=O)(=O)O)cc2S(=O)(=O)O)cc1. The van der Waals surface area contributed by atoms with Gasteiger partial charge in [-0.15, -0.1) is 0 Å². The molecule has 0 radical (unpaired) electrons. The van der Waals surface area contributed by atoms with E-state index in [1.165, 1.54) is 17.2 Å². The Kier molecular flexibility index (Phi) is 10.5. The third-order valence-electron chi connectivity index (χ3n) is 8.41. The molecule has 4 aromatic carbocycles. The van der Waals surface area contributed by atoms with Crippen molar-refractivity contribution in [1.82, 2.24) is 0 Å². The van der Waals surface area contributed by atoms with Crippen LogP contribution in [0.15, 0.2) is 143 Å². The fourth-order valence-electron chi connectivity index (χ4n) is 5.91. The maximum Gasteiger partial charge on any atom is 0.295 e. The minimum absolute atomic E-state index is 0.105. The molecule has 242 valence electrons. The minimum atomic E-state index is -4.90. The molecule has 0 spiro atoms. The molecule has 9 heteroatoms. The van der Waals surface area contributed by atoms with Crippen molar-refractivity contribution in [3.8, 4) is 0 Å². The van der Waals surface area contributed by atoms with Crippen molar-refractivity contribution in [2.24, 2.45) is 0 Å². The lowest BCUT2D eigenvalue weighted by atomic mass is 9.86. The van der Waals surface area contributed by atoms with Gasteiger partial charge in [0.1, 0.15) is 11.4 Å². The predicted octanol–water partition coefficient (Wildman–Crippen LogP) is 7.52. The van der Waals surface area contributed by atoms with Crippen LogP contribution in [-0.4, -0.2) is 42.8 Å². The van der Waals surface area contributed by atoms with Crippen molar-refractivity contribution < 1.29 is 30.5 Å². The molecule has 4 aromatic rings. The summed E-state index contributed by atoms with van der Waals surface area (Å²) in [6, 6.07) is 31.5. The Morgan fingerprint density at radius 2 is 1.30 bits per heavy atom. The van der Waals surface area contributed by atoms with Gasteiger partial charge in [-0.25, -0.2) is 4.58 Å². The number of hydrogen-bond acceptors (Lipinski definition) is 4. The molecule has 0 saturated carbocycles. The zero-order chi connectivity index (χ0) is 33.6. The largest absolute Gasteiger partial charge is 0.295 e. The Labute approximate surface area is 277 Å². The number of nitrogens with zero attached hydrogens (tertiary/aromatic N) is 1. The van der Waals surface area contributed by atoms with Crippen LogP contribution in [0.4, 0.5) is 0 Å². The highest BCUT2D eigenvalue weighted by atomic mass is 32.2. The van der Waals surface area contributed by atoms with Crippen LogP contribution in [0.5, 0.6) is 0 Å². The molecule has 0 bridgehead atoms. The summed E-state index contributed by atoms with van der Waals surface area (Å²) in [7, 11) is -9.64. The average molecular weight is 669 g/mol. The van der Waals surface area contributed by atoms with Crippen molar-refractivity contribution in [3.63, 3.8) is 0 Å². The van der Waals surface area contributed by atoms with Crippen LogP contribution in [0.3, 0.4) is 0 Å². The topological polar surface area (TPSA) is 112 Å². The van der Waals surface area contributed by atoms with E-state index in [0.29, 0.717) is 23.3 Å². The van der Waals surface area contributed by atoms with Gasteiger partial charge in [0.25, 0.3) is 20.2 Å². The maximum atomic E-state index is 12.7. The zero-order valence-corrected chi connectivity index (χ0v) is 28.0. The molecule has 1 unspecified atom stereocenters. The van der Waals surface area contributed by atoms with Crippen LogP contribution in [0, 0.1) is 0 Å². The summed E-state index contributed by atoms with van der Waals surface area (Å²) in [6.45, 7) is 5.69. The van der Waals surface area contributed by atoms with Gasteiger partial charge in [0.2, 0.25) is 0 Å². The Bertz CT molecular complexity index is 2060. The van der Waals surface area contributed by atoms with E-state index in [9.17, 15) is 25.9 Å². The highest BCUT2D eigenvalue weighted by Crippen LogP contribution is 2.36. The second-order valence-corrected chi connectivity index (χ2v) is 14.3. The minimum Gasteiger partial charge on any atom is -0.282 e. The first-order chi connectivity index (χ1) is 22.5. The summed E-state index contributed by atoms with van der Waals surface area (Å²) in [5, 5.41) is 0. The van der Waals surface area contributed by atoms with Gasteiger partial charge in [-0.05, 0) is 77.8 Å². The summed E-state index contributed by atoms with van der Waals surface area (Å²) in [5.74, 6) is 0.265. The first-order valence-electron chi connectivity index (χ1n) is 15.5. The quantitative estimate of drug-likeness (QED) is 0.126. The molecule has 0 aliphatic heterocycles. The fraction of sp³-hybridized carbons (Fsp3) is 0.184. The molecule has 5 rings (SSSR count). The van der Waals surface area contributed by atoms with Gasteiger partial charge in [-0.3, -0.25) is 9.11 Å². The summed E-state index contributed by atoms with van der Waals surface area (Å²) >= 11 is 0. The molecule has 1 aliphatic rings. The molecule has 2 N–H and O–H groups in total. The Morgan fingerprint density at radius 1 is 0.702 bits per heavy atom. The van der Waals surface area contributed by atoms with Gasteiger partial charge in [0, 0.05) is 23.3 Å². The lowest BCUT2D eigenvalue weighted by Gasteiger charge is -2.19. The molecule has 1 aliphatic carbocycles. The highest BCUT2D eigenvalue weighted by molar-refractivity contribution is 7.86. The van der Waals surface area contributed by atoms with E-state index in [1.54, 1.807) is 0 Å². The van der Waals surface area contributed by atoms with Crippen LogP contribution < -0.4 is 0 Å². The number of benzene rings is 4. The van der Waals surface area contributed by atoms with Crippen LogP contribution in [0.2, 0.25) is 0 Å². The summed E-state index contributed by atoms with van der Waals surface area (Å²) < 4.78 is 71.3. The van der Waals surface area contributed by atoms with Crippen LogP contribution in [0.1, 0.15) is 54.0 Å². The third kappa shape index (κ3) is 8.31. The molecule has 7 nitrogen and oxygen atoms in total. The van der Waals surface area contributed by atoms with Crippen molar-refractivity contribution in [2.45, 2.75) is 48.9 Å². The normalized spacial score (nSPS) is 13.9. The highest BCUT2D eigenvalue weighted by Gasteiger charge is 2.25. The summed E-state index contributed by atoms with van der Waals surface area (Å²) in [6.07, 6.45) is 9.50. The fourth-order valence-corrected chi connectivity index (χ4v) is 7.21. The summed E-state index contributed by atoms with van der Waals surface area (Å²) in [5.41, 5.74) is 6.44. The van der Waals surface area contributed by atoms with Crippen LogP contribution in [-0.2, 0) is 33.2 Å². The zero-order valence-electron chi connectivity index (χ0n) is 26.3.